The third-order valence-corrected chi connectivity index (χ3v) is 7.45. The van der Waals surface area contributed by atoms with Gasteiger partial charge in [0.1, 0.15) is 11.6 Å². The Hall–Kier alpha value is -4.59. The summed E-state index contributed by atoms with van der Waals surface area (Å²) in [6, 6.07) is 11.4. The molecular formula is C34H35F2N3O3. The molecule has 1 aliphatic rings. The molecule has 0 fully saturated rings. The number of halogens is 2. The Morgan fingerprint density at radius 3 is 2.64 bits per heavy atom. The molecule has 42 heavy (non-hydrogen) atoms. The summed E-state index contributed by atoms with van der Waals surface area (Å²) in [6.45, 7) is 9.77. The highest BCUT2D eigenvalue weighted by Crippen LogP contribution is 2.36. The molecule has 0 saturated carbocycles. The topological polar surface area (TPSA) is 80.3 Å². The molecule has 2 unspecified atom stereocenters. The van der Waals surface area contributed by atoms with Crippen LogP contribution in [-0.2, 0) is 9.53 Å². The molecule has 2 amide bonds. The highest BCUT2D eigenvalue weighted by atomic mass is 19.1. The number of nitrogens with one attached hydrogen (secondary N) is 2. The van der Waals surface area contributed by atoms with Gasteiger partial charge in [-0.1, -0.05) is 56.4 Å². The van der Waals surface area contributed by atoms with Crippen LogP contribution in [0.25, 0.3) is 16.7 Å². The van der Waals surface area contributed by atoms with Crippen LogP contribution in [0.3, 0.4) is 0 Å². The molecule has 0 spiro atoms. The molecule has 1 aliphatic heterocycles. The second kappa shape index (κ2) is 13.4. The summed E-state index contributed by atoms with van der Waals surface area (Å²) < 4.78 is 34.0. The number of amides is 2. The number of benzene rings is 2. The first-order valence-electron chi connectivity index (χ1n) is 13.9. The first kappa shape index (κ1) is 30.4. The number of nitrogens with zero attached hydrogens (tertiary/aromatic N) is 1. The van der Waals surface area contributed by atoms with Gasteiger partial charge in [-0.25, -0.2) is 13.6 Å². The van der Waals surface area contributed by atoms with E-state index in [4.69, 9.17) is 4.74 Å². The lowest BCUT2D eigenvalue weighted by atomic mass is 9.86. The Labute approximate surface area is 245 Å². The summed E-state index contributed by atoms with van der Waals surface area (Å²) in [5.74, 6) is -1.84. The number of aromatic nitrogens is 1. The summed E-state index contributed by atoms with van der Waals surface area (Å²) in [7, 11) is 1.28. The summed E-state index contributed by atoms with van der Waals surface area (Å²) in [5, 5.41) is 5.67. The summed E-state index contributed by atoms with van der Waals surface area (Å²) >= 11 is 0. The number of methoxy groups -OCH3 is 1. The molecule has 2 atom stereocenters. The Morgan fingerprint density at radius 1 is 1.17 bits per heavy atom. The van der Waals surface area contributed by atoms with Crippen LogP contribution in [0.1, 0.15) is 55.8 Å². The molecule has 0 aliphatic carbocycles. The van der Waals surface area contributed by atoms with Crippen LogP contribution in [0, 0.1) is 24.5 Å². The van der Waals surface area contributed by atoms with Crippen LogP contribution in [0.4, 0.5) is 25.0 Å². The Balaban J connectivity index is 1.76. The minimum absolute atomic E-state index is 0.0978. The van der Waals surface area contributed by atoms with Crippen molar-refractivity contribution in [3.8, 4) is 11.1 Å². The van der Waals surface area contributed by atoms with Crippen molar-refractivity contribution in [3.05, 3.63) is 107 Å². The number of aryl methyl sites for hydroxylation is 1. The first-order valence-corrected chi connectivity index (χ1v) is 13.9. The van der Waals surface area contributed by atoms with Crippen molar-refractivity contribution in [3.63, 3.8) is 0 Å². The Bertz CT molecular complexity index is 1560. The minimum Gasteiger partial charge on any atom is -0.453 e. The lowest BCUT2D eigenvalue weighted by molar-refractivity contribution is -0.119. The summed E-state index contributed by atoms with van der Waals surface area (Å²) in [4.78, 5) is 29.6. The quantitative estimate of drug-likeness (QED) is 0.329. The van der Waals surface area contributed by atoms with Crippen molar-refractivity contribution >= 4 is 28.9 Å². The van der Waals surface area contributed by atoms with E-state index in [-0.39, 0.29) is 23.3 Å². The summed E-state index contributed by atoms with van der Waals surface area (Å²) in [6.07, 6.45) is 8.71. The predicted octanol–water partition coefficient (Wildman–Crippen LogP) is 8.57. The van der Waals surface area contributed by atoms with Gasteiger partial charge in [-0.05, 0) is 67.7 Å². The van der Waals surface area contributed by atoms with Crippen LogP contribution in [0.5, 0.6) is 0 Å². The van der Waals surface area contributed by atoms with Gasteiger partial charge in [0.15, 0.2) is 0 Å². The van der Waals surface area contributed by atoms with Gasteiger partial charge in [0.25, 0.3) is 0 Å². The number of carbonyl (C=O) groups excluding carboxylic acids is 2. The van der Waals surface area contributed by atoms with Crippen molar-refractivity contribution < 1.29 is 23.1 Å². The highest BCUT2D eigenvalue weighted by molar-refractivity contribution is 5.98. The van der Waals surface area contributed by atoms with E-state index < -0.39 is 17.7 Å². The van der Waals surface area contributed by atoms with Crippen LogP contribution in [0.15, 0.2) is 79.0 Å². The van der Waals surface area contributed by atoms with Gasteiger partial charge >= 0.3 is 6.09 Å². The average molecular weight is 572 g/mol. The van der Waals surface area contributed by atoms with Gasteiger partial charge in [0.05, 0.1) is 18.4 Å². The van der Waals surface area contributed by atoms with Gasteiger partial charge in [0, 0.05) is 40.5 Å². The molecule has 1 aromatic heterocycles. The van der Waals surface area contributed by atoms with Crippen LogP contribution in [0.2, 0.25) is 0 Å². The minimum atomic E-state index is -0.641. The molecule has 6 nitrogen and oxygen atoms in total. The summed E-state index contributed by atoms with van der Waals surface area (Å²) in [5.41, 5.74) is 4.72. The standard InChI is InChI=1S/C34H35F2N3O3/c1-6-8-23-17-22(4)26(29-16-12-24(19-37-29)31-28(35)15-11-20(2)32(31)36)10-7-9-21(3)33(40)39-30-18-25(13-14-27(23)30)38-34(41)42-5/h6,8,11-19,21,26H,4,7,9-10H2,1-3,5H3,(H,38,41)(H,39,40)/b8-6-,23-17+. The van der Waals surface area contributed by atoms with Gasteiger partial charge < -0.3 is 10.1 Å². The highest BCUT2D eigenvalue weighted by Gasteiger charge is 2.22. The number of anilines is 2. The Morgan fingerprint density at radius 2 is 1.95 bits per heavy atom. The van der Waals surface area contributed by atoms with E-state index in [0.29, 0.717) is 35.3 Å². The second-order valence-electron chi connectivity index (χ2n) is 10.5. The van der Waals surface area contributed by atoms with E-state index in [0.717, 1.165) is 28.8 Å². The third kappa shape index (κ3) is 6.82. The van der Waals surface area contributed by atoms with Crippen molar-refractivity contribution in [2.75, 3.05) is 17.7 Å². The fraction of sp³-hybridized carbons (Fsp3) is 0.265. The zero-order chi connectivity index (χ0) is 30.4. The number of carbonyl (C=O) groups is 2. The van der Waals surface area contributed by atoms with E-state index in [9.17, 15) is 18.4 Å². The van der Waals surface area contributed by atoms with E-state index in [1.54, 1.807) is 31.2 Å². The molecule has 0 saturated heterocycles. The molecule has 2 N–H and O–H groups in total. The number of fused-ring (bicyclic) bond motifs is 1. The van der Waals surface area contributed by atoms with Crippen molar-refractivity contribution in [1.29, 1.82) is 0 Å². The van der Waals surface area contributed by atoms with Crippen molar-refractivity contribution in [2.45, 2.75) is 46.0 Å². The third-order valence-electron chi connectivity index (χ3n) is 7.45. The smallest absolute Gasteiger partial charge is 0.411 e. The van der Waals surface area contributed by atoms with Gasteiger partial charge in [-0.2, -0.15) is 0 Å². The molecule has 2 heterocycles. The van der Waals surface area contributed by atoms with Crippen molar-refractivity contribution in [2.24, 2.45) is 5.92 Å². The normalized spacial score (nSPS) is 19.1. The number of rotatable bonds is 4. The maximum Gasteiger partial charge on any atom is 0.411 e. The molecule has 4 rings (SSSR count). The van der Waals surface area contributed by atoms with E-state index >= 15 is 0 Å². The molecule has 218 valence electrons. The predicted molar refractivity (Wildman–Crippen MR) is 163 cm³/mol. The average Bonchev–Trinajstić information content (AvgIpc) is 2.97. The lowest BCUT2D eigenvalue weighted by Crippen LogP contribution is -2.22. The molecule has 2 aromatic carbocycles. The first-order chi connectivity index (χ1) is 20.1. The lowest BCUT2D eigenvalue weighted by Gasteiger charge is -2.22. The second-order valence-corrected chi connectivity index (χ2v) is 10.5. The zero-order valence-electron chi connectivity index (χ0n) is 24.3. The molecule has 3 aromatic rings. The number of hydrogen-bond donors (Lipinski definition) is 2. The fourth-order valence-corrected chi connectivity index (χ4v) is 5.06. The van der Waals surface area contributed by atoms with Gasteiger partial charge in [-0.15, -0.1) is 0 Å². The number of allylic oxidation sites excluding steroid dienone is 5. The maximum absolute atomic E-state index is 14.8. The molecule has 0 bridgehead atoms. The fourth-order valence-electron chi connectivity index (χ4n) is 5.06. The maximum atomic E-state index is 14.8. The molecular weight excluding hydrogens is 536 g/mol. The van der Waals surface area contributed by atoms with Crippen LogP contribution >= 0.6 is 0 Å². The molecule has 0 radical (unpaired) electrons. The van der Waals surface area contributed by atoms with E-state index in [1.165, 1.54) is 25.4 Å². The van der Waals surface area contributed by atoms with Crippen molar-refractivity contribution in [1.82, 2.24) is 4.98 Å². The number of pyridine rings is 1. The van der Waals surface area contributed by atoms with Crippen LogP contribution in [-0.4, -0.2) is 24.1 Å². The van der Waals surface area contributed by atoms with Gasteiger partial charge in [-0.3, -0.25) is 15.1 Å². The number of ether oxygens (including phenoxy) is 1. The number of hydrogen-bond acceptors (Lipinski definition) is 4. The monoisotopic (exact) mass is 571 g/mol. The largest absolute Gasteiger partial charge is 0.453 e. The van der Waals surface area contributed by atoms with Crippen LogP contribution < -0.4 is 10.6 Å². The zero-order valence-corrected chi connectivity index (χ0v) is 24.3. The van der Waals surface area contributed by atoms with E-state index in [1.807, 2.05) is 38.1 Å². The molecule has 8 heteroatoms. The van der Waals surface area contributed by atoms with Gasteiger partial charge in [0.2, 0.25) is 5.91 Å². The Kier molecular flexibility index (Phi) is 9.68. The SMILES string of the molecule is C=C1/C=C(\C=C/C)c2ccc(NC(=O)OC)cc2NC(=O)C(C)CCCC1c1ccc(-c2c(F)ccc(C)c2F)cn1. The van der Waals surface area contributed by atoms with E-state index in [2.05, 4.69) is 22.2 Å².